The summed E-state index contributed by atoms with van der Waals surface area (Å²) >= 11 is 0. The Labute approximate surface area is 134 Å². The van der Waals surface area contributed by atoms with Crippen LogP contribution >= 0.6 is 0 Å². The minimum Gasteiger partial charge on any atom is -0.363 e. The molecule has 0 saturated carbocycles. The predicted octanol–water partition coefficient (Wildman–Crippen LogP) is 0.967. The number of pyridine rings is 1. The minimum absolute atomic E-state index is 0.0200. The van der Waals surface area contributed by atoms with E-state index in [9.17, 15) is 4.79 Å². The third-order valence-corrected chi connectivity index (χ3v) is 3.96. The molecule has 0 aliphatic carbocycles. The average Bonchev–Trinajstić information content (AvgIpc) is 3.16. The number of aromatic nitrogens is 3. The third kappa shape index (κ3) is 3.31. The highest BCUT2D eigenvalue weighted by Crippen LogP contribution is 2.32. The first-order valence-electron chi connectivity index (χ1n) is 7.54. The van der Waals surface area contributed by atoms with Crippen LogP contribution in [0, 0.1) is 0 Å². The van der Waals surface area contributed by atoms with Gasteiger partial charge in [0.2, 0.25) is 5.89 Å². The van der Waals surface area contributed by atoms with Gasteiger partial charge in [0.15, 0.2) is 0 Å². The van der Waals surface area contributed by atoms with Crippen LogP contribution in [0.15, 0.2) is 22.9 Å². The first kappa shape index (κ1) is 15.4. The summed E-state index contributed by atoms with van der Waals surface area (Å²) in [5.74, 6) is 0.644. The quantitative estimate of drug-likeness (QED) is 0.876. The number of anilines is 1. The largest absolute Gasteiger partial charge is 0.363 e. The van der Waals surface area contributed by atoms with Crippen molar-refractivity contribution in [1.82, 2.24) is 20.0 Å². The number of hydrogen-bond acceptors (Lipinski definition) is 7. The second kappa shape index (κ2) is 6.33. The number of nitrogens with zero attached hydrogens (tertiary/aromatic N) is 5. The molecular formula is C15H20N6O2. The van der Waals surface area contributed by atoms with E-state index in [0.29, 0.717) is 5.89 Å². The molecule has 0 bridgehead atoms. The van der Waals surface area contributed by atoms with E-state index >= 15 is 0 Å². The molecule has 23 heavy (non-hydrogen) atoms. The molecule has 8 nitrogen and oxygen atoms in total. The molecule has 0 spiro atoms. The van der Waals surface area contributed by atoms with Crippen molar-refractivity contribution < 1.29 is 9.32 Å². The van der Waals surface area contributed by atoms with Crippen LogP contribution < -0.4 is 10.6 Å². The molecule has 2 N–H and O–H groups in total. The van der Waals surface area contributed by atoms with Crippen LogP contribution in [0.2, 0.25) is 0 Å². The van der Waals surface area contributed by atoms with Crippen LogP contribution in [0.1, 0.15) is 41.0 Å². The molecule has 0 aromatic carbocycles. The zero-order valence-electron chi connectivity index (χ0n) is 13.3. The van der Waals surface area contributed by atoms with Gasteiger partial charge in [-0.05, 0) is 37.1 Å². The van der Waals surface area contributed by atoms with Crippen molar-refractivity contribution in [1.29, 1.82) is 0 Å². The van der Waals surface area contributed by atoms with E-state index in [-0.39, 0.29) is 11.9 Å². The minimum atomic E-state index is -0.672. The van der Waals surface area contributed by atoms with Crippen molar-refractivity contribution in [3.63, 3.8) is 0 Å². The summed E-state index contributed by atoms with van der Waals surface area (Å²) in [5, 5.41) is 3.64. The summed E-state index contributed by atoms with van der Waals surface area (Å²) in [6.07, 6.45) is 3.78. The fraction of sp³-hybridized carbons (Fsp3) is 0.467. The van der Waals surface area contributed by atoms with Crippen LogP contribution in [0.4, 0.5) is 5.82 Å². The molecule has 2 aromatic rings. The molecule has 1 amide bonds. The van der Waals surface area contributed by atoms with E-state index in [2.05, 4.69) is 26.1 Å². The SMILES string of the molecule is CN(C)c1cc(CN2CCCC2c2nc(C(N)=O)no2)ccn1. The number of hydrogen-bond donors (Lipinski definition) is 1. The van der Waals surface area contributed by atoms with Gasteiger partial charge in [0, 0.05) is 26.8 Å². The van der Waals surface area contributed by atoms with E-state index in [4.69, 9.17) is 10.3 Å². The Morgan fingerprint density at radius 2 is 2.35 bits per heavy atom. The highest BCUT2D eigenvalue weighted by molar-refractivity contribution is 5.88. The molecule has 1 saturated heterocycles. The van der Waals surface area contributed by atoms with Crippen LogP contribution in [-0.4, -0.2) is 46.6 Å². The van der Waals surface area contributed by atoms with E-state index in [1.165, 1.54) is 5.56 Å². The van der Waals surface area contributed by atoms with Crippen LogP contribution in [-0.2, 0) is 6.54 Å². The maximum atomic E-state index is 11.1. The van der Waals surface area contributed by atoms with E-state index in [1.807, 2.05) is 31.3 Å². The van der Waals surface area contributed by atoms with Crippen LogP contribution in [0.3, 0.4) is 0 Å². The van der Waals surface area contributed by atoms with Crippen LogP contribution in [0.5, 0.6) is 0 Å². The van der Waals surface area contributed by atoms with E-state index < -0.39 is 5.91 Å². The van der Waals surface area contributed by atoms with Crippen LogP contribution in [0.25, 0.3) is 0 Å². The summed E-state index contributed by atoms with van der Waals surface area (Å²) in [7, 11) is 3.93. The summed E-state index contributed by atoms with van der Waals surface area (Å²) < 4.78 is 5.22. The summed E-state index contributed by atoms with van der Waals surface area (Å²) in [5.41, 5.74) is 6.35. The van der Waals surface area contributed by atoms with Gasteiger partial charge < -0.3 is 15.2 Å². The molecule has 0 radical (unpaired) electrons. The fourth-order valence-electron chi connectivity index (χ4n) is 2.80. The Hall–Kier alpha value is -2.48. The number of rotatable bonds is 5. The Morgan fingerprint density at radius 1 is 1.52 bits per heavy atom. The lowest BCUT2D eigenvalue weighted by Gasteiger charge is -2.22. The molecule has 122 valence electrons. The van der Waals surface area contributed by atoms with Gasteiger partial charge in [0.1, 0.15) is 5.82 Å². The zero-order valence-corrected chi connectivity index (χ0v) is 13.3. The molecule has 3 rings (SSSR count). The van der Waals surface area contributed by atoms with Crippen molar-refractivity contribution in [2.75, 3.05) is 25.5 Å². The maximum absolute atomic E-state index is 11.1. The first-order valence-corrected chi connectivity index (χ1v) is 7.54. The lowest BCUT2D eigenvalue weighted by molar-refractivity contribution is 0.0987. The normalized spacial score (nSPS) is 18.3. The van der Waals surface area contributed by atoms with E-state index in [0.717, 1.165) is 31.7 Å². The molecule has 1 atom stereocenters. The molecule has 1 fully saturated rings. The number of amides is 1. The maximum Gasteiger partial charge on any atom is 0.290 e. The van der Waals surface area contributed by atoms with E-state index in [1.54, 1.807) is 0 Å². The topological polar surface area (TPSA) is 101 Å². The second-order valence-corrected chi connectivity index (χ2v) is 5.87. The van der Waals surface area contributed by atoms with Gasteiger partial charge >= 0.3 is 0 Å². The Bertz CT molecular complexity index is 699. The van der Waals surface area contributed by atoms with Crippen molar-refractivity contribution in [3.05, 3.63) is 35.6 Å². The van der Waals surface area contributed by atoms with Gasteiger partial charge in [-0.2, -0.15) is 4.98 Å². The monoisotopic (exact) mass is 316 g/mol. The number of carbonyl (C=O) groups excluding carboxylic acids is 1. The summed E-state index contributed by atoms with van der Waals surface area (Å²) in [6.45, 7) is 1.71. The molecule has 8 heteroatoms. The van der Waals surface area contributed by atoms with Gasteiger partial charge in [-0.15, -0.1) is 0 Å². The Balaban J connectivity index is 1.76. The van der Waals surface area contributed by atoms with Crippen molar-refractivity contribution in [2.45, 2.75) is 25.4 Å². The van der Waals surface area contributed by atoms with Gasteiger partial charge in [-0.25, -0.2) is 4.98 Å². The molecule has 1 aliphatic rings. The standard InChI is InChI=1S/C15H20N6O2/c1-20(2)12-8-10(5-6-17-12)9-21-7-3-4-11(21)15-18-14(13(16)22)19-23-15/h5-6,8,11H,3-4,7,9H2,1-2H3,(H2,16,22). The van der Waals surface area contributed by atoms with Crippen molar-refractivity contribution >= 4 is 11.7 Å². The number of carbonyl (C=O) groups is 1. The van der Waals surface area contributed by atoms with Crippen molar-refractivity contribution in [2.24, 2.45) is 5.73 Å². The Morgan fingerprint density at radius 3 is 3.04 bits per heavy atom. The molecule has 1 aliphatic heterocycles. The number of likely N-dealkylation sites (tertiary alicyclic amines) is 1. The molecular weight excluding hydrogens is 296 g/mol. The van der Waals surface area contributed by atoms with Gasteiger partial charge in [-0.1, -0.05) is 5.16 Å². The summed E-state index contributed by atoms with van der Waals surface area (Å²) in [6, 6.07) is 4.09. The zero-order chi connectivity index (χ0) is 16.4. The predicted molar refractivity (Wildman–Crippen MR) is 83.8 cm³/mol. The second-order valence-electron chi connectivity index (χ2n) is 5.87. The van der Waals surface area contributed by atoms with Gasteiger partial charge in [0.05, 0.1) is 6.04 Å². The van der Waals surface area contributed by atoms with Gasteiger partial charge in [0.25, 0.3) is 11.7 Å². The molecule has 3 heterocycles. The van der Waals surface area contributed by atoms with Crippen molar-refractivity contribution in [3.8, 4) is 0 Å². The highest BCUT2D eigenvalue weighted by atomic mass is 16.5. The number of primary amides is 1. The lowest BCUT2D eigenvalue weighted by atomic mass is 10.2. The lowest BCUT2D eigenvalue weighted by Crippen LogP contribution is -2.23. The smallest absolute Gasteiger partial charge is 0.290 e. The number of nitrogens with two attached hydrogens (primary N) is 1. The Kier molecular flexibility index (Phi) is 4.24. The third-order valence-electron chi connectivity index (χ3n) is 3.96. The summed E-state index contributed by atoms with van der Waals surface area (Å²) in [4.78, 5) is 23.8. The van der Waals surface area contributed by atoms with Gasteiger partial charge in [-0.3, -0.25) is 9.69 Å². The molecule has 2 aromatic heterocycles. The highest BCUT2D eigenvalue weighted by Gasteiger charge is 2.31. The first-order chi connectivity index (χ1) is 11.0. The molecule has 1 unspecified atom stereocenters. The average molecular weight is 316 g/mol. The fourth-order valence-corrected chi connectivity index (χ4v) is 2.80.